The van der Waals surface area contributed by atoms with E-state index in [1.807, 2.05) is 25.4 Å². The first-order valence-electron chi connectivity index (χ1n) is 6.65. The van der Waals surface area contributed by atoms with Crippen LogP contribution in [0.25, 0.3) is 0 Å². The fraction of sp³-hybridized carbons (Fsp3) is 0.312. The van der Waals surface area contributed by atoms with E-state index in [1.165, 1.54) is 11.1 Å². The lowest BCUT2D eigenvalue weighted by Crippen LogP contribution is -2.19. The standard InChI is InChI=1S/C16H18N2O/c1-11-5-6-12-9-13(10-17-2)16-14(4-3-7-18-16)19-15(12)8-11/h3-8,13,17H,9-10H2,1-2H3/t13-/m1/s1. The molecule has 2 heterocycles. The number of rotatable bonds is 2. The summed E-state index contributed by atoms with van der Waals surface area (Å²) in [5.41, 5.74) is 3.52. The summed E-state index contributed by atoms with van der Waals surface area (Å²) in [6.45, 7) is 2.99. The summed E-state index contributed by atoms with van der Waals surface area (Å²) in [6, 6.07) is 10.3. The van der Waals surface area contributed by atoms with Gasteiger partial charge in [-0.15, -0.1) is 0 Å². The normalized spacial score (nSPS) is 17.1. The molecule has 1 aromatic heterocycles. The van der Waals surface area contributed by atoms with Crippen LogP contribution in [0.2, 0.25) is 0 Å². The van der Waals surface area contributed by atoms with E-state index in [-0.39, 0.29) is 0 Å². The molecule has 0 saturated heterocycles. The maximum Gasteiger partial charge on any atom is 0.149 e. The molecule has 3 nitrogen and oxygen atoms in total. The van der Waals surface area contributed by atoms with Gasteiger partial charge in [-0.3, -0.25) is 4.98 Å². The Hall–Kier alpha value is -1.87. The van der Waals surface area contributed by atoms with Crippen LogP contribution in [0.4, 0.5) is 0 Å². The van der Waals surface area contributed by atoms with Gasteiger partial charge < -0.3 is 10.1 Å². The molecule has 3 rings (SSSR count). The fourth-order valence-corrected chi connectivity index (χ4v) is 2.62. The Balaban J connectivity index is 2.09. The van der Waals surface area contributed by atoms with Crippen molar-refractivity contribution in [2.75, 3.05) is 13.6 Å². The van der Waals surface area contributed by atoms with Gasteiger partial charge in [0.25, 0.3) is 0 Å². The summed E-state index contributed by atoms with van der Waals surface area (Å²) in [4.78, 5) is 4.52. The van der Waals surface area contributed by atoms with E-state index in [2.05, 4.69) is 35.4 Å². The van der Waals surface area contributed by atoms with Crippen LogP contribution < -0.4 is 10.1 Å². The van der Waals surface area contributed by atoms with Crippen molar-refractivity contribution in [2.45, 2.75) is 19.3 Å². The van der Waals surface area contributed by atoms with Gasteiger partial charge in [-0.1, -0.05) is 12.1 Å². The Morgan fingerprint density at radius 2 is 2.21 bits per heavy atom. The van der Waals surface area contributed by atoms with Crippen molar-refractivity contribution < 1.29 is 4.74 Å². The zero-order valence-corrected chi connectivity index (χ0v) is 11.3. The first-order chi connectivity index (χ1) is 9.28. The Bertz CT molecular complexity index is 595. The Kier molecular flexibility index (Phi) is 3.22. The van der Waals surface area contributed by atoms with Crippen molar-refractivity contribution >= 4 is 0 Å². The highest BCUT2D eigenvalue weighted by molar-refractivity contribution is 5.46. The third-order valence-corrected chi connectivity index (χ3v) is 3.55. The van der Waals surface area contributed by atoms with Crippen LogP contribution in [0.3, 0.4) is 0 Å². The minimum atomic E-state index is 0.352. The molecule has 1 aromatic carbocycles. The van der Waals surface area contributed by atoms with E-state index in [1.54, 1.807) is 0 Å². The average Bonchev–Trinajstić information content (AvgIpc) is 2.56. The second kappa shape index (κ2) is 5.02. The number of aromatic nitrogens is 1. The zero-order valence-electron chi connectivity index (χ0n) is 11.3. The van der Waals surface area contributed by atoms with Crippen LogP contribution in [0, 0.1) is 6.92 Å². The molecular weight excluding hydrogens is 236 g/mol. The second-order valence-corrected chi connectivity index (χ2v) is 5.06. The van der Waals surface area contributed by atoms with Gasteiger partial charge in [0.1, 0.15) is 11.5 Å². The molecule has 0 saturated carbocycles. The molecule has 0 radical (unpaired) electrons. The molecule has 0 amide bonds. The topological polar surface area (TPSA) is 34.1 Å². The minimum Gasteiger partial charge on any atom is -0.455 e. The van der Waals surface area contributed by atoms with E-state index in [4.69, 9.17) is 4.74 Å². The minimum absolute atomic E-state index is 0.352. The van der Waals surface area contributed by atoms with Crippen molar-refractivity contribution in [3.63, 3.8) is 0 Å². The maximum atomic E-state index is 6.07. The first-order valence-corrected chi connectivity index (χ1v) is 6.65. The number of likely N-dealkylation sites (N-methyl/N-ethyl adjacent to an activating group) is 1. The van der Waals surface area contributed by atoms with Gasteiger partial charge in [0.15, 0.2) is 0 Å². The number of benzene rings is 1. The molecule has 0 aliphatic carbocycles. The molecule has 98 valence electrons. The smallest absolute Gasteiger partial charge is 0.149 e. The number of pyridine rings is 1. The number of aryl methyl sites for hydroxylation is 1. The van der Waals surface area contributed by atoms with Gasteiger partial charge >= 0.3 is 0 Å². The van der Waals surface area contributed by atoms with Crippen molar-refractivity contribution in [1.29, 1.82) is 0 Å². The quantitative estimate of drug-likeness (QED) is 0.894. The number of hydrogen-bond donors (Lipinski definition) is 1. The van der Waals surface area contributed by atoms with Gasteiger partial charge in [0.05, 0.1) is 5.69 Å². The molecule has 1 N–H and O–H groups in total. The highest BCUT2D eigenvalue weighted by Gasteiger charge is 2.23. The lowest BCUT2D eigenvalue weighted by atomic mass is 9.95. The van der Waals surface area contributed by atoms with E-state index < -0.39 is 0 Å². The fourth-order valence-electron chi connectivity index (χ4n) is 2.62. The number of hydrogen-bond acceptors (Lipinski definition) is 3. The van der Waals surface area contributed by atoms with E-state index in [9.17, 15) is 0 Å². The SMILES string of the molecule is CNC[C@H]1Cc2ccc(C)cc2Oc2cccnc21. The van der Waals surface area contributed by atoms with E-state index in [0.717, 1.165) is 30.2 Å². The lowest BCUT2D eigenvalue weighted by Gasteiger charge is -2.14. The van der Waals surface area contributed by atoms with Crippen LogP contribution >= 0.6 is 0 Å². The third kappa shape index (κ3) is 2.34. The lowest BCUT2D eigenvalue weighted by molar-refractivity contribution is 0.473. The summed E-state index contributed by atoms with van der Waals surface area (Å²) in [5, 5.41) is 3.25. The van der Waals surface area contributed by atoms with Crippen LogP contribution in [0.1, 0.15) is 22.7 Å². The second-order valence-electron chi connectivity index (χ2n) is 5.06. The molecule has 0 spiro atoms. The molecule has 1 aliphatic heterocycles. The highest BCUT2D eigenvalue weighted by Crippen LogP contribution is 2.38. The number of nitrogens with one attached hydrogen (secondary N) is 1. The Morgan fingerprint density at radius 1 is 1.32 bits per heavy atom. The summed E-state index contributed by atoms with van der Waals surface area (Å²) in [5.74, 6) is 2.20. The molecular formula is C16H18N2O. The average molecular weight is 254 g/mol. The predicted molar refractivity (Wildman–Crippen MR) is 75.9 cm³/mol. The largest absolute Gasteiger partial charge is 0.455 e. The van der Waals surface area contributed by atoms with Crippen molar-refractivity contribution in [3.05, 3.63) is 53.3 Å². The molecule has 2 aromatic rings. The van der Waals surface area contributed by atoms with E-state index in [0.29, 0.717) is 5.92 Å². The summed E-state index contributed by atoms with van der Waals surface area (Å²) in [6.07, 6.45) is 2.80. The molecule has 3 heteroatoms. The Morgan fingerprint density at radius 3 is 3.05 bits per heavy atom. The Labute approximate surface area is 113 Å². The molecule has 0 fully saturated rings. The van der Waals surface area contributed by atoms with Crippen molar-refractivity contribution in [1.82, 2.24) is 10.3 Å². The van der Waals surface area contributed by atoms with E-state index >= 15 is 0 Å². The number of nitrogens with zero attached hydrogens (tertiary/aromatic N) is 1. The van der Waals surface area contributed by atoms with Crippen LogP contribution in [0.15, 0.2) is 36.5 Å². The first kappa shape index (κ1) is 12.2. The molecule has 0 unspecified atom stereocenters. The van der Waals surface area contributed by atoms with Crippen LogP contribution in [0.5, 0.6) is 11.5 Å². The van der Waals surface area contributed by atoms with Crippen molar-refractivity contribution in [2.24, 2.45) is 0 Å². The van der Waals surface area contributed by atoms with Gasteiger partial charge in [0.2, 0.25) is 0 Å². The summed E-state index contributed by atoms with van der Waals surface area (Å²) < 4.78 is 6.07. The third-order valence-electron chi connectivity index (χ3n) is 3.55. The van der Waals surface area contributed by atoms with Crippen molar-refractivity contribution in [3.8, 4) is 11.5 Å². The van der Waals surface area contributed by atoms with Gasteiger partial charge in [-0.25, -0.2) is 0 Å². The highest BCUT2D eigenvalue weighted by atomic mass is 16.5. The van der Waals surface area contributed by atoms with Crippen LogP contribution in [-0.4, -0.2) is 18.6 Å². The van der Waals surface area contributed by atoms with Crippen LogP contribution in [-0.2, 0) is 6.42 Å². The van der Waals surface area contributed by atoms with Gasteiger partial charge in [-0.2, -0.15) is 0 Å². The molecule has 1 aliphatic rings. The van der Waals surface area contributed by atoms with Gasteiger partial charge in [0, 0.05) is 18.7 Å². The predicted octanol–water partition coefficient (Wildman–Crippen LogP) is 3.04. The monoisotopic (exact) mass is 254 g/mol. The number of fused-ring (bicyclic) bond motifs is 2. The maximum absolute atomic E-state index is 6.07. The molecule has 1 atom stereocenters. The zero-order chi connectivity index (χ0) is 13.2. The summed E-state index contributed by atoms with van der Waals surface area (Å²) >= 11 is 0. The molecule has 0 bridgehead atoms. The van der Waals surface area contributed by atoms with Gasteiger partial charge in [-0.05, 0) is 49.7 Å². The molecule has 19 heavy (non-hydrogen) atoms. The summed E-state index contributed by atoms with van der Waals surface area (Å²) in [7, 11) is 1.98. The number of ether oxygens (including phenoxy) is 1.